The molecule has 2 aromatic carbocycles. The second kappa shape index (κ2) is 11.4. The van der Waals surface area contributed by atoms with Crippen LogP contribution >= 0.6 is 0 Å². The number of amides is 2. The van der Waals surface area contributed by atoms with E-state index in [0.29, 0.717) is 35.7 Å². The van der Waals surface area contributed by atoms with Crippen LogP contribution in [-0.4, -0.2) is 36.8 Å². The first-order chi connectivity index (χ1) is 14.3. The Hall–Kier alpha value is -3.68. The molecular formula is C22H24N2O6. The minimum Gasteiger partial charge on any atom is -0.494 e. The van der Waals surface area contributed by atoms with Crippen LogP contribution in [0.1, 0.15) is 37.0 Å². The molecule has 158 valence electrons. The van der Waals surface area contributed by atoms with E-state index in [-0.39, 0.29) is 18.1 Å². The lowest BCUT2D eigenvalue weighted by Crippen LogP contribution is -2.21. The molecule has 2 amide bonds. The van der Waals surface area contributed by atoms with E-state index >= 15 is 0 Å². The van der Waals surface area contributed by atoms with Gasteiger partial charge >= 0.3 is 5.97 Å². The Labute approximate surface area is 174 Å². The second-order valence-electron chi connectivity index (χ2n) is 6.50. The van der Waals surface area contributed by atoms with Gasteiger partial charge in [0.25, 0.3) is 5.91 Å². The molecule has 0 aliphatic heterocycles. The number of nitrogens with one attached hydrogen (secondary N) is 2. The number of ether oxygens (including phenoxy) is 2. The Bertz CT molecular complexity index is 908. The quantitative estimate of drug-likeness (QED) is 0.352. The van der Waals surface area contributed by atoms with Crippen molar-refractivity contribution in [3.05, 3.63) is 54.1 Å². The zero-order valence-corrected chi connectivity index (χ0v) is 16.9. The summed E-state index contributed by atoms with van der Waals surface area (Å²) in [4.78, 5) is 46.0. The van der Waals surface area contributed by atoms with Crippen LogP contribution in [0.25, 0.3) is 0 Å². The number of hydrogen-bond acceptors (Lipinski definition) is 6. The molecule has 0 spiro atoms. The van der Waals surface area contributed by atoms with E-state index in [2.05, 4.69) is 10.6 Å². The molecule has 0 fully saturated rings. The third kappa shape index (κ3) is 8.14. The number of rotatable bonds is 10. The molecule has 2 rings (SSSR count). The van der Waals surface area contributed by atoms with Gasteiger partial charge in [-0.3, -0.25) is 19.2 Å². The van der Waals surface area contributed by atoms with E-state index in [0.717, 1.165) is 0 Å². The van der Waals surface area contributed by atoms with Gasteiger partial charge in [-0.2, -0.15) is 0 Å². The number of ketones is 1. The predicted molar refractivity (Wildman–Crippen MR) is 112 cm³/mol. The molecule has 0 heterocycles. The number of anilines is 2. The van der Waals surface area contributed by atoms with Crippen LogP contribution in [0.3, 0.4) is 0 Å². The largest absolute Gasteiger partial charge is 0.494 e. The Kier molecular flexibility index (Phi) is 8.56. The maximum atomic E-state index is 11.9. The van der Waals surface area contributed by atoms with Gasteiger partial charge in [-0.15, -0.1) is 0 Å². The molecule has 0 saturated carbocycles. The van der Waals surface area contributed by atoms with E-state index in [4.69, 9.17) is 9.47 Å². The van der Waals surface area contributed by atoms with Crippen LogP contribution < -0.4 is 15.4 Å². The summed E-state index contributed by atoms with van der Waals surface area (Å²) in [7, 11) is 0. The molecule has 0 unspecified atom stereocenters. The molecule has 0 atom stereocenters. The van der Waals surface area contributed by atoms with Gasteiger partial charge in [0.2, 0.25) is 5.91 Å². The maximum absolute atomic E-state index is 11.9. The fourth-order valence-corrected chi connectivity index (χ4v) is 2.49. The van der Waals surface area contributed by atoms with Crippen molar-refractivity contribution < 1.29 is 28.7 Å². The number of esters is 1. The Balaban J connectivity index is 1.65. The first kappa shape index (κ1) is 22.6. The lowest BCUT2D eigenvalue weighted by molar-refractivity contribution is -0.147. The van der Waals surface area contributed by atoms with Gasteiger partial charge in [-0.1, -0.05) is 6.07 Å². The zero-order chi connectivity index (χ0) is 21.9. The normalized spacial score (nSPS) is 10.1. The summed E-state index contributed by atoms with van der Waals surface area (Å²) in [6, 6.07) is 13.4. The van der Waals surface area contributed by atoms with Gasteiger partial charge in [0.05, 0.1) is 6.61 Å². The average molecular weight is 412 g/mol. The summed E-state index contributed by atoms with van der Waals surface area (Å²) in [6.45, 7) is 2.78. The topological polar surface area (TPSA) is 111 Å². The van der Waals surface area contributed by atoms with Crippen molar-refractivity contribution >= 4 is 34.9 Å². The minimum absolute atomic E-state index is 0.0197. The Morgan fingerprint density at radius 1 is 0.900 bits per heavy atom. The number of carbonyl (C=O) groups is 4. The van der Waals surface area contributed by atoms with Crippen molar-refractivity contribution in [1.29, 1.82) is 0 Å². The molecule has 0 bridgehead atoms. The van der Waals surface area contributed by atoms with Gasteiger partial charge in [-0.05, 0) is 55.8 Å². The standard InChI is InChI=1S/C22H24N2O6/c1-15(25)17-8-10-20(11-9-17)29-12-4-7-22(28)30-14-21(27)24-19-6-3-5-18(13-19)23-16(2)26/h3,5-6,8-11,13H,4,7,12,14H2,1-2H3,(H,23,26)(H,24,27). The van der Waals surface area contributed by atoms with Crippen LogP contribution in [0.15, 0.2) is 48.5 Å². The highest BCUT2D eigenvalue weighted by molar-refractivity contribution is 5.95. The highest BCUT2D eigenvalue weighted by Gasteiger charge is 2.09. The average Bonchev–Trinajstić information content (AvgIpc) is 2.70. The molecule has 8 heteroatoms. The van der Waals surface area contributed by atoms with Crippen molar-refractivity contribution in [2.75, 3.05) is 23.8 Å². The number of benzene rings is 2. The summed E-state index contributed by atoms with van der Waals surface area (Å²) in [5, 5.41) is 5.21. The molecule has 2 N–H and O–H groups in total. The lowest BCUT2D eigenvalue weighted by Gasteiger charge is -2.09. The first-order valence-corrected chi connectivity index (χ1v) is 9.40. The van der Waals surface area contributed by atoms with Gasteiger partial charge in [0.15, 0.2) is 12.4 Å². The van der Waals surface area contributed by atoms with E-state index in [1.165, 1.54) is 13.8 Å². The van der Waals surface area contributed by atoms with Gasteiger partial charge < -0.3 is 20.1 Å². The van der Waals surface area contributed by atoms with Crippen molar-refractivity contribution in [3.8, 4) is 5.75 Å². The highest BCUT2D eigenvalue weighted by atomic mass is 16.5. The number of hydrogen-bond donors (Lipinski definition) is 2. The predicted octanol–water partition coefficient (Wildman–Crippen LogP) is 3.19. The van der Waals surface area contributed by atoms with Gasteiger partial charge in [-0.25, -0.2) is 0 Å². The van der Waals surface area contributed by atoms with E-state index < -0.39 is 18.5 Å². The Morgan fingerprint density at radius 3 is 2.20 bits per heavy atom. The van der Waals surface area contributed by atoms with Crippen LogP contribution in [-0.2, 0) is 19.1 Å². The SMILES string of the molecule is CC(=O)Nc1cccc(NC(=O)COC(=O)CCCOc2ccc(C(C)=O)cc2)c1. The molecule has 0 aliphatic rings. The lowest BCUT2D eigenvalue weighted by atomic mass is 10.1. The van der Waals surface area contributed by atoms with Crippen molar-refractivity contribution in [2.45, 2.75) is 26.7 Å². The molecule has 0 aliphatic carbocycles. The summed E-state index contributed by atoms with van der Waals surface area (Å²) in [5.41, 5.74) is 1.63. The second-order valence-corrected chi connectivity index (χ2v) is 6.50. The van der Waals surface area contributed by atoms with Crippen LogP contribution in [0.2, 0.25) is 0 Å². The van der Waals surface area contributed by atoms with Crippen LogP contribution in [0, 0.1) is 0 Å². The molecule has 8 nitrogen and oxygen atoms in total. The third-order valence-electron chi connectivity index (χ3n) is 3.89. The molecule has 0 saturated heterocycles. The monoisotopic (exact) mass is 412 g/mol. The Morgan fingerprint density at radius 2 is 1.57 bits per heavy atom. The van der Waals surface area contributed by atoms with Crippen LogP contribution in [0.5, 0.6) is 5.75 Å². The van der Waals surface area contributed by atoms with E-state index in [1.807, 2.05) is 0 Å². The van der Waals surface area contributed by atoms with Crippen molar-refractivity contribution in [3.63, 3.8) is 0 Å². The van der Waals surface area contributed by atoms with Gasteiger partial charge in [0, 0.05) is 30.3 Å². The highest BCUT2D eigenvalue weighted by Crippen LogP contribution is 2.15. The van der Waals surface area contributed by atoms with E-state index in [1.54, 1.807) is 48.5 Å². The van der Waals surface area contributed by atoms with Gasteiger partial charge in [0.1, 0.15) is 5.75 Å². The number of carbonyl (C=O) groups excluding carboxylic acids is 4. The van der Waals surface area contributed by atoms with Crippen molar-refractivity contribution in [2.24, 2.45) is 0 Å². The van der Waals surface area contributed by atoms with E-state index in [9.17, 15) is 19.2 Å². The molecule has 30 heavy (non-hydrogen) atoms. The fourth-order valence-electron chi connectivity index (χ4n) is 2.49. The smallest absolute Gasteiger partial charge is 0.306 e. The molecular weight excluding hydrogens is 388 g/mol. The van der Waals surface area contributed by atoms with Crippen molar-refractivity contribution in [1.82, 2.24) is 0 Å². The molecule has 0 radical (unpaired) electrons. The summed E-state index contributed by atoms with van der Waals surface area (Å²) in [5.74, 6) is -0.620. The summed E-state index contributed by atoms with van der Waals surface area (Å²) >= 11 is 0. The summed E-state index contributed by atoms with van der Waals surface area (Å²) in [6.07, 6.45) is 0.532. The third-order valence-corrected chi connectivity index (χ3v) is 3.89. The number of Topliss-reactive ketones (excluding diaryl/α,β-unsaturated/α-hetero) is 1. The molecule has 0 aromatic heterocycles. The minimum atomic E-state index is -0.507. The zero-order valence-electron chi connectivity index (χ0n) is 16.9. The summed E-state index contributed by atoms with van der Waals surface area (Å²) < 4.78 is 10.5. The first-order valence-electron chi connectivity index (χ1n) is 9.40. The fraction of sp³-hybridized carbons (Fsp3) is 0.273. The molecule has 2 aromatic rings. The maximum Gasteiger partial charge on any atom is 0.306 e. The van der Waals surface area contributed by atoms with Crippen LogP contribution in [0.4, 0.5) is 11.4 Å².